The molecule has 0 radical (unpaired) electrons. The number of hydrogen-bond donors (Lipinski definition) is 0. The topological polar surface area (TPSA) is 44.2 Å². The Labute approximate surface area is 187 Å². The highest BCUT2D eigenvalue weighted by Gasteiger charge is 2.17. The Morgan fingerprint density at radius 2 is 1.77 bits per heavy atom. The van der Waals surface area contributed by atoms with E-state index in [2.05, 4.69) is 38.9 Å². The van der Waals surface area contributed by atoms with Crippen molar-refractivity contribution >= 4 is 33.0 Å². The van der Waals surface area contributed by atoms with Crippen LogP contribution in [0.1, 0.15) is 19.0 Å². The summed E-state index contributed by atoms with van der Waals surface area (Å²) in [5.74, 6) is 0. The fourth-order valence-corrected chi connectivity index (χ4v) is 4.94. The van der Waals surface area contributed by atoms with E-state index in [1.807, 2.05) is 67.2 Å². The van der Waals surface area contributed by atoms with Crippen molar-refractivity contribution in [2.75, 3.05) is 0 Å². The molecule has 2 heterocycles. The fraction of sp³-hybridized carbons (Fsp3) is 0.217. The lowest BCUT2D eigenvalue weighted by molar-refractivity contribution is 0.630. The molecule has 0 aliphatic rings. The van der Waals surface area contributed by atoms with Crippen molar-refractivity contribution < 1.29 is 0 Å². The minimum Gasteiger partial charge on any atom is -0.316 e. The van der Waals surface area contributed by atoms with E-state index in [1.54, 1.807) is 16.0 Å². The Balaban J connectivity index is 1.92. The molecule has 0 fully saturated rings. The van der Waals surface area contributed by atoms with Crippen LogP contribution >= 0.6 is 27.3 Å². The maximum atomic E-state index is 13.3. The van der Waals surface area contributed by atoms with Gasteiger partial charge in [-0.1, -0.05) is 59.3 Å². The molecule has 4 rings (SSSR count). The summed E-state index contributed by atoms with van der Waals surface area (Å²) in [6.45, 7) is 4.91. The highest BCUT2D eigenvalue weighted by Crippen LogP contribution is 2.28. The summed E-state index contributed by atoms with van der Waals surface area (Å²) in [4.78, 5) is 18.9. The van der Waals surface area contributed by atoms with Crippen molar-refractivity contribution in [3.05, 3.63) is 85.3 Å². The molecular weight excluding hydrogens is 460 g/mol. The van der Waals surface area contributed by atoms with Gasteiger partial charge in [-0.25, -0.2) is 9.67 Å². The van der Waals surface area contributed by atoms with E-state index >= 15 is 0 Å². The van der Waals surface area contributed by atoms with E-state index in [0.29, 0.717) is 5.69 Å². The number of benzene rings is 2. The minimum absolute atomic E-state index is 0.111. The molecule has 0 atom stereocenters. The monoisotopic (exact) mass is 482 g/mol. The zero-order chi connectivity index (χ0) is 21.3. The van der Waals surface area contributed by atoms with Crippen molar-refractivity contribution in [1.29, 1.82) is 0 Å². The number of hydrogen-bond acceptors (Lipinski definition) is 3. The maximum absolute atomic E-state index is 13.3. The maximum Gasteiger partial charge on any atom is 0.297 e. The van der Waals surface area contributed by atoms with Crippen LogP contribution in [-0.2, 0) is 13.6 Å². The summed E-state index contributed by atoms with van der Waals surface area (Å²) in [5, 5.41) is 2.11. The first-order chi connectivity index (χ1) is 14.5. The lowest BCUT2D eigenvalue weighted by Crippen LogP contribution is -2.20. The van der Waals surface area contributed by atoms with Gasteiger partial charge in [0.15, 0.2) is 10.5 Å². The first-order valence-electron chi connectivity index (χ1n) is 9.85. The summed E-state index contributed by atoms with van der Waals surface area (Å²) in [6, 6.07) is 17.8. The second kappa shape index (κ2) is 8.62. The fourth-order valence-electron chi connectivity index (χ4n) is 3.52. The number of aromatic nitrogens is 3. The zero-order valence-corrected chi connectivity index (χ0v) is 19.6. The molecule has 0 aliphatic heterocycles. The van der Waals surface area contributed by atoms with Crippen LogP contribution in [0, 0.1) is 6.92 Å². The average molecular weight is 483 g/mol. The molecule has 5 nitrogen and oxygen atoms in total. The van der Waals surface area contributed by atoms with Crippen molar-refractivity contribution in [3.63, 3.8) is 0 Å². The molecule has 0 saturated carbocycles. The Kier molecular flexibility index (Phi) is 5.92. The standard InChI is InChI=1S/C23H23BrN4OS/c1-4-14-27-20(18-12-8-9-13-19(18)24)15-30-23(27)25-21-16(2)26(3)28(22(21)29)17-10-6-5-7-11-17/h5-13,15H,4,14H2,1-3H3. The largest absolute Gasteiger partial charge is 0.316 e. The lowest BCUT2D eigenvalue weighted by atomic mass is 10.2. The summed E-state index contributed by atoms with van der Waals surface area (Å²) < 4.78 is 6.77. The van der Waals surface area contributed by atoms with Crippen LogP contribution in [0.15, 0.2) is 74.2 Å². The Hall–Kier alpha value is -2.64. The molecule has 30 heavy (non-hydrogen) atoms. The summed E-state index contributed by atoms with van der Waals surface area (Å²) in [6.07, 6.45) is 0.976. The second-order valence-corrected chi connectivity index (χ2v) is 8.75. The lowest BCUT2D eigenvalue weighted by Gasteiger charge is -2.09. The van der Waals surface area contributed by atoms with E-state index in [4.69, 9.17) is 4.99 Å². The van der Waals surface area contributed by atoms with Gasteiger partial charge in [-0.2, -0.15) is 0 Å². The minimum atomic E-state index is -0.111. The molecular formula is C23H23BrN4OS. The van der Waals surface area contributed by atoms with E-state index in [9.17, 15) is 4.79 Å². The van der Waals surface area contributed by atoms with Gasteiger partial charge >= 0.3 is 0 Å². The summed E-state index contributed by atoms with van der Waals surface area (Å²) in [5.41, 5.74) is 4.26. The van der Waals surface area contributed by atoms with Crippen LogP contribution in [0.3, 0.4) is 0 Å². The van der Waals surface area contributed by atoms with Gasteiger partial charge in [0.2, 0.25) is 0 Å². The Morgan fingerprint density at radius 1 is 1.07 bits per heavy atom. The highest BCUT2D eigenvalue weighted by molar-refractivity contribution is 9.10. The van der Waals surface area contributed by atoms with Gasteiger partial charge in [-0.15, -0.1) is 11.3 Å². The van der Waals surface area contributed by atoms with Crippen LogP contribution in [0.25, 0.3) is 16.9 Å². The van der Waals surface area contributed by atoms with Crippen molar-refractivity contribution in [3.8, 4) is 16.9 Å². The van der Waals surface area contributed by atoms with Crippen LogP contribution in [0.4, 0.5) is 5.69 Å². The van der Waals surface area contributed by atoms with E-state index in [0.717, 1.165) is 44.9 Å². The molecule has 154 valence electrons. The zero-order valence-electron chi connectivity index (χ0n) is 17.2. The normalized spacial score (nSPS) is 11.9. The quantitative estimate of drug-likeness (QED) is 0.374. The first kappa shape index (κ1) is 20.6. The van der Waals surface area contributed by atoms with E-state index < -0.39 is 0 Å². The van der Waals surface area contributed by atoms with Gasteiger partial charge < -0.3 is 4.57 Å². The SMILES string of the molecule is CCCn1c(-c2ccccc2Br)csc1=Nc1c(C)n(C)n(-c2ccccc2)c1=O. The number of halogens is 1. The molecule has 0 aliphatic carbocycles. The van der Waals surface area contributed by atoms with E-state index in [1.165, 1.54) is 0 Å². The van der Waals surface area contributed by atoms with Crippen LogP contribution in [0.2, 0.25) is 0 Å². The van der Waals surface area contributed by atoms with Gasteiger partial charge in [-0.3, -0.25) is 9.48 Å². The molecule has 0 N–H and O–H groups in total. The van der Waals surface area contributed by atoms with Crippen LogP contribution in [-0.4, -0.2) is 13.9 Å². The van der Waals surface area contributed by atoms with Gasteiger partial charge in [0.25, 0.3) is 5.56 Å². The Bertz CT molecular complexity index is 1310. The molecule has 0 amide bonds. The summed E-state index contributed by atoms with van der Waals surface area (Å²) >= 11 is 5.22. The van der Waals surface area contributed by atoms with E-state index in [-0.39, 0.29) is 5.56 Å². The third-order valence-electron chi connectivity index (χ3n) is 5.13. The van der Waals surface area contributed by atoms with Crippen molar-refractivity contribution in [2.24, 2.45) is 12.0 Å². The van der Waals surface area contributed by atoms with Crippen molar-refractivity contribution in [2.45, 2.75) is 26.8 Å². The van der Waals surface area contributed by atoms with Gasteiger partial charge in [0.05, 0.1) is 17.1 Å². The molecule has 2 aromatic heterocycles. The van der Waals surface area contributed by atoms with Gasteiger partial charge in [-0.05, 0) is 31.5 Å². The van der Waals surface area contributed by atoms with Gasteiger partial charge in [0.1, 0.15) is 0 Å². The number of thiazole rings is 1. The molecule has 2 aromatic carbocycles. The predicted octanol–water partition coefficient (Wildman–Crippen LogP) is 5.42. The molecule has 0 spiro atoms. The predicted molar refractivity (Wildman–Crippen MR) is 127 cm³/mol. The van der Waals surface area contributed by atoms with Gasteiger partial charge in [0, 0.05) is 29.0 Å². The third kappa shape index (κ3) is 3.63. The van der Waals surface area contributed by atoms with Crippen molar-refractivity contribution in [1.82, 2.24) is 13.9 Å². The number of para-hydroxylation sites is 1. The molecule has 0 unspecified atom stereocenters. The summed E-state index contributed by atoms with van der Waals surface area (Å²) in [7, 11) is 1.89. The average Bonchev–Trinajstić information content (AvgIpc) is 3.23. The highest BCUT2D eigenvalue weighted by atomic mass is 79.9. The smallest absolute Gasteiger partial charge is 0.297 e. The molecule has 0 saturated heterocycles. The number of rotatable bonds is 5. The number of nitrogens with zero attached hydrogens (tertiary/aromatic N) is 4. The second-order valence-electron chi connectivity index (χ2n) is 7.06. The molecule has 4 aromatic rings. The van der Waals surface area contributed by atoms with Crippen LogP contribution in [0.5, 0.6) is 0 Å². The third-order valence-corrected chi connectivity index (χ3v) is 6.68. The molecule has 0 bridgehead atoms. The first-order valence-corrected chi connectivity index (χ1v) is 11.5. The molecule has 7 heteroatoms. The van der Waals surface area contributed by atoms with Crippen LogP contribution < -0.4 is 10.4 Å². The Morgan fingerprint density at radius 3 is 2.47 bits per heavy atom.